The zero-order valence-corrected chi connectivity index (χ0v) is 5.48. The minimum absolute atomic E-state index is 1.05. The van der Waals surface area contributed by atoms with Crippen LogP contribution in [0.1, 0.15) is 0 Å². The Bertz CT molecular complexity index is 276. The highest BCUT2D eigenvalue weighted by Crippen LogP contribution is 2.03. The van der Waals surface area contributed by atoms with Crippen LogP contribution in [0.4, 0.5) is 0 Å². The zero-order valence-electron chi connectivity index (χ0n) is 5.48. The molecule has 0 spiro atoms. The van der Waals surface area contributed by atoms with Gasteiger partial charge in [-0.2, -0.15) is 5.26 Å². The van der Waals surface area contributed by atoms with E-state index in [1.807, 2.05) is 0 Å². The average Bonchev–Trinajstić information content (AvgIpc) is 2.05. The van der Waals surface area contributed by atoms with Crippen molar-refractivity contribution in [1.29, 1.82) is 5.26 Å². The second kappa shape index (κ2) is 2.42. The molecule has 0 aromatic rings. The van der Waals surface area contributed by atoms with E-state index < -0.39 is 11.5 Å². The van der Waals surface area contributed by atoms with Gasteiger partial charge in [0.2, 0.25) is 0 Å². The quantitative estimate of drug-likeness (QED) is 0.528. The molecule has 0 aromatic carbocycles. The minimum Gasteiger partial charge on any atom is -0.478 e. The molecule has 11 heavy (non-hydrogen) atoms. The molecule has 0 saturated carbocycles. The van der Waals surface area contributed by atoms with Crippen LogP contribution in [0.15, 0.2) is 17.4 Å². The molecule has 1 aliphatic rings. The summed E-state index contributed by atoms with van der Waals surface area (Å²) in [6, 6.07) is 1.61. The fourth-order valence-electron chi connectivity index (χ4n) is 0.630. The summed E-state index contributed by atoms with van der Waals surface area (Å²) >= 11 is 0. The van der Waals surface area contributed by atoms with Crippen LogP contribution in [-0.4, -0.2) is 22.8 Å². The molecule has 56 valence electrons. The van der Waals surface area contributed by atoms with Gasteiger partial charge in [0.05, 0.1) is 6.21 Å². The summed E-state index contributed by atoms with van der Waals surface area (Å²) in [5, 5.41) is 19.5. The predicted molar refractivity (Wildman–Crippen MR) is 36.7 cm³/mol. The van der Waals surface area contributed by atoms with Crippen LogP contribution in [0.2, 0.25) is 0 Å². The van der Waals surface area contributed by atoms with Gasteiger partial charge in [-0.05, 0) is 0 Å². The smallest absolute Gasteiger partial charge is 0.350 e. The molecule has 1 unspecified atom stereocenters. The number of carbonyl (C=O) groups is 1. The van der Waals surface area contributed by atoms with E-state index in [4.69, 9.17) is 10.4 Å². The third kappa shape index (κ3) is 1.05. The summed E-state index contributed by atoms with van der Waals surface area (Å²) in [6.45, 7) is 0. The van der Waals surface area contributed by atoms with Crippen molar-refractivity contribution in [3.8, 4) is 6.07 Å². The second-order valence-electron chi connectivity index (χ2n) is 1.96. The Labute approximate surface area is 62.7 Å². The monoisotopic (exact) mass is 151 g/mol. The van der Waals surface area contributed by atoms with Gasteiger partial charge in [-0.3, -0.25) is 4.99 Å². The summed E-state index contributed by atoms with van der Waals surface area (Å²) in [6.07, 6.45) is 3.74. The van der Waals surface area contributed by atoms with E-state index in [-0.39, 0.29) is 0 Å². The molecule has 0 bridgehead atoms. The Balaban J connectivity index is 2.97. The van der Waals surface area contributed by atoms with Gasteiger partial charge in [0.1, 0.15) is 6.07 Å². The number of nitrogens with zero attached hydrogens (tertiary/aromatic N) is 2. The van der Waals surface area contributed by atoms with Gasteiger partial charge < -0.3 is 10.4 Å². The lowest BCUT2D eigenvalue weighted by atomic mass is 10.0. The molecule has 2 N–H and O–H groups in total. The first-order valence-electron chi connectivity index (χ1n) is 2.83. The van der Waals surface area contributed by atoms with Crippen LogP contribution in [0, 0.1) is 11.3 Å². The van der Waals surface area contributed by atoms with E-state index in [2.05, 4.69) is 10.3 Å². The fraction of sp³-hybridized carbons (Fsp3) is 0.167. The van der Waals surface area contributed by atoms with Gasteiger partial charge in [-0.1, -0.05) is 0 Å². The Morgan fingerprint density at radius 1 is 1.82 bits per heavy atom. The molecular weight excluding hydrogens is 146 g/mol. The molecule has 1 rings (SSSR count). The third-order valence-corrected chi connectivity index (χ3v) is 1.25. The number of aliphatic carboxylic acids is 1. The van der Waals surface area contributed by atoms with Crippen molar-refractivity contribution < 1.29 is 9.90 Å². The SMILES string of the molecule is N#CC1(C(=O)O)C=NC=CN1. The van der Waals surface area contributed by atoms with E-state index in [1.165, 1.54) is 12.4 Å². The highest BCUT2D eigenvalue weighted by atomic mass is 16.4. The summed E-state index contributed by atoms with van der Waals surface area (Å²) in [5.41, 5.74) is -1.69. The van der Waals surface area contributed by atoms with Crippen LogP contribution >= 0.6 is 0 Å². The van der Waals surface area contributed by atoms with E-state index in [1.54, 1.807) is 6.07 Å². The topological polar surface area (TPSA) is 85.5 Å². The lowest BCUT2D eigenvalue weighted by molar-refractivity contribution is -0.139. The van der Waals surface area contributed by atoms with Crippen molar-refractivity contribution in [2.24, 2.45) is 4.99 Å². The number of aliphatic imine (C=N–C) groups is 1. The molecule has 0 fully saturated rings. The normalized spacial score (nSPS) is 27.2. The van der Waals surface area contributed by atoms with Crippen molar-refractivity contribution in [2.45, 2.75) is 5.54 Å². The number of nitriles is 1. The van der Waals surface area contributed by atoms with Gasteiger partial charge in [-0.25, -0.2) is 4.79 Å². The predicted octanol–water partition coefficient (Wildman–Crippen LogP) is -0.521. The van der Waals surface area contributed by atoms with Crippen LogP contribution < -0.4 is 5.32 Å². The standard InChI is InChI=1S/C6H5N3O2/c7-3-6(5(10)11)4-8-1-2-9-6/h1-2,4,9H,(H,10,11). The van der Waals surface area contributed by atoms with Gasteiger partial charge in [0.15, 0.2) is 0 Å². The van der Waals surface area contributed by atoms with E-state index >= 15 is 0 Å². The Morgan fingerprint density at radius 3 is 2.82 bits per heavy atom. The summed E-state index contributed by atoms with van der Waals surface area (Å²) in [7, 11) is 0. The zero-order chi connectivity index (χ0) is 8.32. The van der Waals surface area contributed by atoms with Crippen LogP contribution in [0.5, 0.6) is 0 Å². The summed E-state index contributed by atoms with van der Waals surface area (Å²) in [5.74, 6) is -1.26. The average molecular weight is 151 g/mol. The molecule has 1 heterocycles. The number of rotatable bonds is 1. The Morgan fingerprint density at radius 2 is 2.55 bits per heavy atom. The molecule has 0 saturated heterocycles. The van der Waals surface area contributed by atoms with E-state index in [0.29, 0.717) is 0 Å². The molecule has 0 radical (unpaired) electrons. The van der Waals surface area contributed by atoms with Crippen molar-refractivity contribution in [3.05, 3.63) is 12.4 Å². The Hall–Kier alpha value is -1.83. The Kier molecular flexibility index (Phi) is 1.60. The lowest BCUT2D eigenvalue weighted by Crippen LogP contribution is -2.51. The maximum absolute atomic E-state index is 10.5. The highest BCUT2D eigenvalue weighted by molar-refractivity contribution is 6.03. The largest absolute Gasteiger partial charge is 0.478 e. The number of hydrogen-bond donors (Lipinski definition) is 2. The second-order valence-corrected chi connectivity index (χ2v) is 1.96. The molecule has 0 amide bonds. The van der Waals surface area contributed by atoms with Gasteiger partial charge in [0, 0.05) is 12.4 Å². The maximum atomic E-state index is 10.5. The van der Waals surface area contributed by atoms with Crippen molar-refractivity contribution in [3.63, 3.8) is 0 Å². The molecule has 5 heteroatoms. The lowest BCUT2D eigenvalue weighted by Gasteiger charge is -2.18. The first kappa shape index (κ1) is 7.28. The number of carboxylic acid groups (broad SMARTS) is 1. The molecule has 0 aliphatic carbocycles. The maximum Gasteiger partial charge on any atom is 0.350 e. The van der Waals surface area contributed by atoms with Crippen LogP contribution in [0.25, 0.3) is 0 Å². The van der Waals surface area contributed by atoms with Crippen molar-refractivity contribution in [1.82, 2.24) is 5.32 Å². The van der Waals surface area contributed by atoms with Crippen molar-refractivity contribution in [2.75, 3.05) is 0 Å². The van der Waals surface area contributed by atoms with Gasteiger partial charge in [-0.15, -0.1) is 0 Å². The minimum atomic E-state index is -1.69. The first-order valence-corrected chi connectivity index (χ1v) is 2.83. The van der Waals surface area contributed by atoms with Crippen LogP contribution in [-0.2, 0) is 4.79 Å². The molecule has 1 aliphatic heterocycles. The molecule has 0 aromatic heterocycles. The highest BCUT2D eigenvalue weighted by Gasteiger charge is 2.37. The van der Waals surface area contributed by atoms with Crippen molar-refractivity contribution >= 4 is 12.2 Å². The number of hydrogen-bond acceptors (Lipinski definition) is 4. The number of nitrogens with one attached hydrogen (secondary N) is 1. The first-order chi connectivity index (χ1) is 5.21. The molecule has 5 nitrogen and oxygen atoms in total. The van der Waals surface area contributed by atoms with E-state index in [0.717, 1.165) is 6.21 Å². The summed E-state index contributed by atoms with van der Waals surface area (Å²) < 4.78 is 0. The van der Waals surface area contributed by atoms with Gasteiger partial charge >= 0.3 is 5.97 Å². The molecule has 1 atom stereocenters. The molecular formula is C6H5N3O2. The number of carboxylic acids is 1. The summed E-state index contributed by atoms with van der Waals surface area (Å²) in [4.78, 5) is 14.0. The van der Waals surface area contributed by atoms with E-state index in [9.17, 15) is 4.79 Å². The van der Waals surface area contributed by atoms with Crippen LogP contribution in [0.3, 0.4) is 0 Å². The third-order valence-electron chi connectivity index (χ3n) is 1.25. The fourth-order valence-corrected chi connectivity index (χ4v) is 0.630. The van der Waals surface area contributed by atoms with Gasteiger partial charge in [0.25, 0.3) is 5.54 Å².